The fraction of sp³-hybridized carbons (Fsp3) is 0.188. The van der Waals surface area contributed by atoms with Gasteiger partial charge in [-0.3, -0.25) is 14.9 Å². The number of nitrogens with one attached hydrogen (secondary N) is 1. The van der Waals surface area contributed by atoms with Gasteiger partial charge in [0, 0.05) is 11.8 Å². The molecule has 6 heteroatoms. The first-order valence-corrected chi connectivity index (χ1v) is 6.84. The lowest BCUT2D eigenvalue weighted by Gasteiger charge is -2.08. The Hall–Kier alpha value is -2.89. The Balaban J connectivity index is 1.89. The monoisotopic (exact) mass is 300 g/mol. The molecule has 114 valence electrons. The fourth-order valence-corrected chi connectivity index (χ4v) is 1.86. The maximum Gasteiger partial charge on any atom is 0.273 e. The number of hydrogen-bond acceptors (Lipinski definition) is 4. The third-order valence-electron chi connectivity index (χ3n) is 3.04. The number of rotatable bonds is 6. The minimum absolute atomic E-state index is 0.0759. The predicted molar refractivity (Wildman–Crippen MR) is 83.0 cm³/mol. The molecule has 6 nitrogen and oxygen atoms in total. The number of non-ortho nitro benzene ring substituents is 1. The van der Waals surface area contributed by atoms with Crippen LogP contribution in [0.1, 0.15) is 12.5 Å². The number of nitro benzene ring substituents is 1. The lowest BCUT2D eigenvalue weighted by molar-refractivity contribution is -0.384. The van der Waals surface area contributed by atoms with E-state index in [0.717, 1.165) is 6.42 Å². The number of amides is 1. The average molecular weight is 300 g/mol. The number of benzene rings is 2. The summed E-state index contributed by atoms with van der Waals surface area (Å²) in [5, 5.41) is 13.4. The molecule has 0 spiro atoms. The Morgan fingerprint density at radius 1 is 1.23 bits per heavy atom. The van der Waals surface area contributed by atoms with Crippen LogP contribution < -0.4 is 10.1 Å². The zero-order chi connectivity index (χ0) is 15.9. The second-order valence-corrected chi connectivity index (χ2v) is 4.64. The van der Waals surface area contributed by atoms with E-state index >= 15 is 0 Å². The van der Waals surface area contributed by atoms with Crippen LogP contribution in [0.15, 0.2) is 48.5 Å². The van der Waals surface area contributed by atoms with Crippen molar-refractivity contribution < 1.29 is 14.5 Å². The van der Waals surface area contributed by atoms with Crippen molar-refractivity contribution in [2.24, 2.45) is 0 Å². The molecule has 0 radical (unpaired) electrons. The van der Waals surface area contributed by atoms with Gasteiger partial charge in [-0.05, 0) is 30.2 Å². The van der Waals surface area contributed by atoms with Gasteiger partial charge in [-0.25, -0.2) is 0 Å². The summed E-state index contributed by atoms with van der Waals surface area (Å²) in [5.41, 5.74) is 1.80. The first-order valence-electron chi connectivity index (χ1n) is 6.84. The largest absolute Gasteiger partial charge is 0.484 e. The van der Waals surface area contributed by atoms with Gasteiger partial charge in [0.05, 0.1) is 11.0 Å². The number of anilines is 1. The molecule has 2 rings (SSSR count). The van der Waals surface area contributed by atoms with E-state index in [1.54, 1.807) is 6.07 Å². The van der Waals surface area contributed by atoms with E-state index in [9.17, 15) is 14.9 Å². The first kappa shape index (κ1) is 15.5. The van der Waals surface area contributed by atoms with Crippen molar-refractivity contribution in [1.29, 1.82) is 0 Å². The van der Waals surface area contributed by atoms with E-state index in [-0.39, 0.29) is 24.0 Å². The van der Waals surface area contributed by atoms with Gasteiger partial charge in [0.25, 0.3) is 11.6 Å². The molecule has 0 bridgehead atoms. The highest BCUT2D eigenvalue weighted by Gasteiger charge is 2.08. The summed E-state index contributed by atoms with van der Waals surface area (Å²) in [7, 11) is 0. The molecule has 0 aliphatic rings. The number of ether oxygens (including phenoxy) is 1. The Kier molecular flexibility index (Phi) is 5.08. The fourth-order valence-electron chi connectivity index (χ4n) is 1.86. The number of carbonyl (C=O) groups is 1. The normalized spacial score (nSPS) is 10.0. The van der Waals surface area contributed by atoms with Gasteiger partial charge in [0.15, 0.2) is 6.61 Å². The number of nitrogens with zero attached hydrogens (tertiary/aromatic N) is 1. The van der Waals surface area contributed by atoms with E-state index in [0.29, 0.717) is 5.69 Å². The summed E-state index contributed by atoms with van der Waals surface area (Å²) in [6.45, 7) is 1.84. The van der Waals surface area contributed by atoms with Crippen molar-refractivity contribution in [1.82, 2.24) is 0 Å². The van der Waals surface area contributed by atoms with Crippen molar-refractivity contribution in [2.45, 2.75) is 13.3 Å². The standard InChI is InChI=1S/C16H16N2O4/c1-2-12-6-8-13(9-7-12)17-16(19)11-22-15-5-3-4-14(10-15)18(20)21/h3-10H,2,11H2,1H3,(H,17,19). The summed E-state index contributed by atoms with van der Waals surface area (Å²) in [5.74, 6) is -0.0403. The molecule has 0 unspecified atom stereocenters. The van der Waals surface area contributed by atoms with Gasteiger partial charge in [-0.2, -0.15) is 0 Å². The average Bonchev–Trinajstić information content (AvgIpc) is 2.54. The van der Waals surface area contributed by atoms with Gasteiger partial charge in [-0.15, -0.1) is 0 Å². The first-order chi connectivity index (χ1) is 10.6. The third-order valence-corrected chi connectivity index (χ3v) is 3.04. The second kappa shape index (κ2) is 7.21. The Labute approximate surface area is 127 Å². The molecule has 0 heterocycles. The summed E-state index contributed by atoms with van der Waals surface area (Å²) in [4.78, 5) is 21.9. The van der Waals surface area contributed by atoms with E-state index in [4.69, 9.17) is 4.74 Å². The van der Waals surface area contributed by atoms with Crippen molar-refractivity contribution >= 4 is 17.3 Å². The van der Waals surface area contributed by atoms with Crippen molar-refractivity contribution in [3.05, 3.63) is 64.2 Å². The molecule has 0 saturated heterocycles. The van der Waals surface area contributed by atoms with Gasteiger partial charge in [0.2, 0.25) is 0 Å². The van der Waals surface area contributed by atoms with E-state index in [1.165, 1.54) is 23.8 Å². The van der Waals surface area contributed by atoms with Crippen LogP contribution in [0.2, 0.25) is 0 Å². The molecule has 1 amide bonds. The number of hydrogen-bond donors (Lipinski definition) is 1. The highest BCUT2D eigenvalue weighted by atomic mass is 16.6. The Bertz CT molecular complexity index is 668. The van der Waals surface area contributed by atoms with Crippen molar-refractivity contribution in [3.63, 3.8) is 0 Å². The van der Waals surface area contributed by atoms with Gasteiger partial charge >= 0.3 is 0 Å². The molecule has 0 atom stereocenters. The topological polar surface area (TPSA) is 81.5 Å². The van der Waals surface area contributed by atoms with Gasteiger partial charge < -0.3 is 10.1 Å². The molecule has 1 N–H and O–H groups in total. The summed E-state index contributed by atoms with van der Waals surface area (Å²) >= 11 is 0. The van der Waals surface area contributed by atoms with Crippen LogP contribution in [0.25, 0.3) is 0 Å². The molecule has 0 fully saturated rings. The lowest BCUT2D eigenvalue weighted by atomic mass is 10.1. The molecular weight excluding hydrogens is 284 g/mol. The Morgan fingerprint density at radius 3 is 2.59 bits per heavy atom. The molecule has 0 aromatic heterocycles. The van der Waals surface area contributed by atoms with Crippen LogP contribution in [-0.2, 0) is 11.2 Å². The number of carbonyl (C=O) groups excluding carboxylic acids is 1. The van der Waals surface area contributed by atoms with E-state index < -0.39 is 4.92 Å². The van der Waals surface area contributed by atoms with Crippen LogP contribution >= 0.6 is 0 Å². The summed E-state index contributed by atoms with van der Waals surface area (Å²) in [6, 6.07) is 13.2. The zero-order valence-corrected chi connectivity index (χ0v) is 12.1. The smallest absolute Gasteiger partial charge is 0.273 e. The molecule has 0 saturated carbocycles. The zero-order valence-electron chi connectivity index (χ0n) is 12.1. The maximum atomic E-state index is 11.8. The van der Waals surface area contributed by atoms with Crippen molar-refractivity contribution in [3.8, 4) is 5.75 Å². The third kappa shape index (κ3) is 4.31. The van der Waals surface area contributed by atoms with E-state index in [2.05, 4.69) is 12.2 Å². The molecular formula is C16H16N2O4. The van der Waals surface area contributed by atoms with Gasteiger partial charge in [0.1, 0.15) is 5.75 Å². The van der Waals surface area contributed by atoms with Crippen LogP contribution in [-0.4, -0.2) is 17.4 Å². The molecule has 22 heavy (non-hydrogen) atoms. The lowest BCUT2D eigenvalue weighted by Crippen LogP contribution is -2.20. The van der Waals surface area contributed by atoms with Crippen LogP contribution in [0.3, 0.4) is 0 Å². The minimum atomic E-state index is -0.512. The SMILES string of the molecule is CCc1ccc(NC(=O)COc2cccc([N+](=O)[O-])c2)cc1. The number of nitro groups is 1. The van der Waals surface area contributed by atoms with E-state index in [1.807, 2.05) is 24.3 Å². The predicted octanol–water partition coefficient (Wildman–Crippen LogP) is 3.17. The highest BCUT2D eigenvalue weighted by Crippen LogP contribution is 2.19. The van der Waals surface area contributed by atoms with Crippen LogP contribution in [0.4, 0.5) is 11.4 Å². The molecule has 2 aromatic rings. The minimum Gasteiger partial charge on any atom is -0.484 e. The molecule has 2 aromatic carbocycles. The van der Waals surface area contributed by atoms with Gasteiger partial charge in [-0.1, -0.05) is 25.1 Å². The number of aryl methyl sites for hydroxylation is 1. The molecule has 0 aliphatic heterocycles. The maximum absolute atomic E-state index is 11.8. The highest BCUT2D eigenvalue weighted by molar-refractivity contribution is 5.91. The molecule has 0 aliphatic carbocycles. The van der Waals surface area contributed by atoms with Crippen molar-refractivity contribution in [2.75, 3.05) is 11.9 Å². The summed E-state index contributed by atoms with van der Waals surface area (Å²) < 4.78 is 5.26. The van der Waals surface area contributed by atoms with Crippen LogP contribution in [0.5, 0.6) is 5.75 Å². The second-order valence-electron chi connectivity index (χ2n) is 4.64. The Morgan fingerprint density at radius 2 is 1.95 bits per heavy atom. The van der Waals surface area contributed by atoms with Crippen LogP contribution in [0, 0.1) is 10.1 Å². The quantitative estimate of drug-likeness (QED) is 0.656. The summed E-state index contributed by atoms with van der Waals surface area (Å²) in [6.07, 6.45) is 0.935.